The van der Waals surface area contributed by atoms with Gasteiger partial charge in [-0.15, -0.1) is 11.3 Å². The molecule has 0 radical (unpaired) electrons. The van der Waals surface area contributed by atoms with Crippen LogP contribution in [-0.2, 0) is 14.8 Å². The molecule has 0 fully saturated rings. The lowest BCUT2D eigenvalue weighted by atomic mass is 10.1. The van der Waals surface area contributed by atoms with Gasteiger partial charge in [0, 0.05) is 5.38 Å². The van der Waals surface area contributed by atoms with Crippen LogP contribution in [0.5, 0.6) is 0 Å². The van der Waals surface area contributed by atoms with Gasteiger partial charge in [-0.25, -0.2) is 18.4 Å². The lowest BCUT2D eigenvalue weighted by Gasteiger charge is -2.13. The van der Waals surface area contributed by atoms with E-state index in [9.17, 15) is 13.2 Å². The van der Waals surface area contributed by atoms with Crippen LogP contribution in [0.4, 0.5) is 0 Å². The molecule has 1 atom stereocenters. The number of unbranched alkanes of at least 4 members (excludes halogenated alkanes) is 3. The maximum Gasteiger partial charge on any atom is 0.339 e. The summed E-state index contributed by atoms with van der Waals surface area (Å²) in [5.41, 5.74) is 0.648. The molecule has 5 nitrogen and oxygen atoms in total. The molecule has 120 valence electrons. The molecular weight excluding hydrogens is 310 g/mol. The molecule has 1 heterocycles. The Kier molecular flexibility index (Phi) is 6.83. The second kappa shape index (κ2) is 7.91. The Hall–Kier alpha value is -0.920. The first-order valence-corrected chi connectivity index (χ1v) is 9.51. The molecule has 0 amide bonds. The third kappa shape index (κ3) is 5.41. The first-order valence-electron chi connectivity index (χ1n) is 7.09. The standard InChI is InChI=1S/C14H23NO4S2/c1-4-5-6-7-8-10(2)19-13(16)12-9-20-14(11(12)3)21(15,17)18/h9-10H,4-8H2,1-3H3,(H2,15,17,18). The Balaban J connectivity index is 2.62. The van der Waals surface area contributed by atoms with Gasteiger partial charge < -0.3 is 4.74 Å². The van der Waals surface area contributed by atoms with Gasteiger partial charge in [0.25, 0.3) is 0 Å². The molecule has 1 aromatic rings. The minimum absolute atomic E-state index is 0.0186. The summed E-state index contributed by atoms with van der Waals surface area (Å²) in [4.78, 5) is 12.1. The van der Waals surface area contributed by atoms with Crippen molar-refractivity contribution in [3.8, 4) is 0 Å². The molecule has 0 saturated carbocycles. The fourth-order valence-corrected chi connectivity index (χ4v) is 4.05. The van der Waals surface area contributed by atoms with Crippen molar-refractivity contribution in [2.24, 2.45) is 5.14 Å². The van der Waals surface area contributed by atoms with E-state index in [2.05, 4.69) is 6.92 Å². The van der Waals surface area contributed by atoms with Gasteiger partial charge in [0.05, 0.1) is 11.7 Å². The highest BCUT2D eigenvalue weighted by molar-refractivity contribution is 7.91. The predicted molar refractivity (Wildman–Crippen MR) is 84.1 cm³/mol. The van der Waals surface area contributed by atoms with E-state index in [0.717, 1.165) is 30.6 Å². The van der Waals surface area contributed by atoms with Crippen LogP contribution >= 0.6 is 11.3 Å². The molecule has 0 aromatic carbocycles. The lowest BCUT2D eigenvalue weighted by molar-refractivity contribution is 0.0319. The van der Waals surface area contributed by atoms with Gasteiger partial charge in [0.1, 0.15) is 4.21 Å². The summed E-state index contributed by atoms with van der Waals surface area (Å²) in [6, 6.07) is 0. The number of hydrogen-bond acceptors (Lipinski definition) is 5. The van der Waals surface area contributed by atoms with Gasteiger partial charge >= 0.3 is 5.97 Å². The monoisotopic (exact) mass is 333 g/mol. The molecule has 0 aliphatic heterocycles. The summed E-state index contributed by atoms with van der Waals surface area (Å²) in [6.45, 7) is 5.57. The van der Waals surface area contributed by atoms with Crippen molar-refractivity contribution < 1.29 is 17.9 Å². The predicted octanol–water partition coefficient (Wildman–Crippen LogP) is 3.22. The number of carbonyl (C=O) groups is 1. The fourth-order valence-electron chi connectivity index (χ4n) is 2.04. The van der Waals surface area contributed by atoms with Crippen molar-refractivity contribution in [3.05, 3.63) is 16.5 Å². The fraction of sp³-hybridized carbons (Fsp3) is 0.643. The Morgan fingerprint density at radius 3 is 2.57 bits per heavy atom. The van der Waals surface area contributed by atoms with Gasteiger partial charge in [0.2, 0.25) is 10.0 Å². The number of thiophene rings is 1. The van der Waals surface area contributed by atoms with Crippen molar-refractivity contribution in [3.63, 3.8) is 0 Å². The molecule has 0 spiro atoms. The molecule has 1 aromatic heterocycles. The minimum atomic E-state index is -3.78. The van der Waals surface area contributed by atoms with Crippen LogP contribution in [0.1, 0.15) is 61.9 Å². The van der Waals surface area contributed by atoms with E-state index in [1.807, 2.05) is 6.92 Å². The zero-order valence-electron chi connectivity index (χ0n) is 12.7. The van der Waals surface area contributed by atoms with E-state index in [1.54, 1.807) is 6.92 Å². The SMILES string of the molecule is CCCCCCC(C)OC(=O)c1csc(S(N)(=O)=O)c1C. The Labute approximate surface area is 130 Å². The summed E-state index contributed by atoms with van der Waals surface area (Å²) >= 11 is 0.949. The number of rotatable bonds is 8. The van der Waals surface area contributed by atoms with Crippen LogP contribution in [0.15, 0.2) is 9.59 Å². The second-order valence-electron chi connectivity index (χ2n) is 5.17. The van der Waals surface area contributed by atoms with E-state index >= 15 is 0 Å². The lowest BCUT2D eigenvalue weighted by Crippen LogP contribution is -2.16. The molecule has 1 rings (SSSR count). The summed E-state index contributed by atoms with van der Waals surface area (Å²) in [5.74, 6) is -0.485. The van der Waals surface area contributed by atoms with Crippen molar-refractivity contribution in [2.45, 2.75) is 63.2 Å². The Morgan fingerprint density at radius 1 is 1.38 bits per heavy atom. The number of sulfonamides is 1. The molecule has 0 bridgehead atoms. The van der Waals surface area contributed by atoms with Gasteiger partial charge in [0.15, 0.2) is 0 Å². The van der Waals surface area contributed by atoms with Gasteiger partial charge in [-0.1, -0.05) is 26.2 Å². The third-order valence-corrected chi connectivity index (χ3v) is 5.93. The first-order chi connectivity index (χ1) is 9.77. The van der Waals surface area contributed by atoms with Crippen LogP contribution in [-0.4, -0.2) is 20.5 Å². The largest absolute Gasteiger partial charge is 0.459 e. The van der Waals surface area contributed by atoms with E-state index in [4.69, 9.17) is 9.88 Å². The molecule has 0 saturated heterocycles. The van der Waals surface area contributed by atoms with Crippen molar-refractivity contribution in [1.82, 2.24) is 0 Å². The highest BCUT2D eigenvalue weighted by Gasteiger charge is 2.22. The first kappa shape index (κ1) is 18.1. The number of carbonyl (C=O) groups excluding carboxylic acids is 1. The highest BCUT2D eigenvalue weighted by Crippen LogP contribution is 2.26. The normalized spacial score (nSPS) is 13.1. The minimum Gasteiger partial charge on any atom is -0.459 e. The maximum atomic E-state index is 12.1. The van der Waals surface area contributed by atoms with Gasteiger partial charge in [-0.3, -0.25) is 0 Å². The van der Waals surface area contributed by atoms with Crippen LogP contribution < -0.4 is 5.14 Å². The van der Waals surface area contributed by atoms with E-state index in [1.165, 1.54) is 18.2 Å². The zero-order valence-corrected chi connectivity index (χ0v) is 14.4. The van der Waals surface area contributed by atoms with Gasteiger partial charge in [-0.05, 0) is 32.3 Å². The second-order valence-corrected chi connectivity index (χ2v) is 7.81. The Bertz CT molecular complexity index is 578. The number of hydrogen-bond donors (Lipinski definition) is 1. The van der Waals surface area contributed by atoms with E-state index in [-0.39, 0.29) is 15.9 Å². The van der Waals surface area contributed by atoms with Crippen LogP contribution in [0.2, 0.25) is 0 Å². The van der Waals surface area contributed by atoms with Crippen LogP contribution in [0.3, 0.4) is 0 Å². The zero-order chi connectivity index (χ0) is 16.0. The molecule has 0 aliphatic rings. The molecule has 2 N–H and O–H groups in total. The van der Waals surface area contributed by atoms with Gasteiger partial charge in [-0.2, -0.15) is 0 Å². The van der Waals surface area contributed by atoms with Crippen molar-refractivity contribution in [2.75, 3.05) is 0 Å². The number of primary sulfonamides is 1. The molecule has 7 heteroatoms. The average Bonchev–Trinajstić information content (AvgIpc) is 2.76. The summed E-state index contributed by atoms with van der Waals surface area (Å²) in [5, 5.41) is 6.58. The molecular formula is C14H23NO4S2. The molecule has 21 heavy (non-hydrogen) atoms. The third-order valence-electron chi connectivity index (χ3n) is 3.24. The van der Waals surface area contributed by atoms with E-state index in [0.29, 0.717) is 5.56 Å². The molecule has 1 unspecified atom stereocenters. The summed E-state index contributed by atoms with van der Waals surface area (Å²) in [7, 11) is -3.78. The summed E-state index contributed by atoms with van der Waals surface area (Å²) in [6.07, 6.45) is 5.14. The van der Waals surface area contributed by atoms with Crippen LogP contribution in [0.25, 0.3) is 0 Å². The quantitative estimate of drug-likeness (QED) is 0.584. The van der Waals surface area contributed by atoms with Crippen molar-refractivity contribution >= 4 is 27.3 Å². The number of nitrogens with two attached hydrogens (primary N) is 1. The topological polar surface area (TPSA) is 86.5 Å². The summed E-state index contributed by atoms with van der Waals surface area (Å²) < 4.78 is 28.1. The number of ether oxygens (including phenoxy) is 1. The van der Waals surface area contributed by atoms with Crippen LogP contribution in [0, 0.1) is 6.92 Å². The highest BCUT2D eigenvalue weighted by atomic mass is 32.2. The Morgan fingerprint density at radius 2 is 2.05 bits per heavy atom. The molecule has 0 aliphatic carbocycles. The average molecular weight is 333 g/mol. The van der Waals surface area contributed by atoms with Crippen molar-refractivity contribution in [1.29, 1.82) is 0 Å². The van der Waals surface area contributed by atoms with E-state index < -0.39 is 16.0 Å². The number of esters is 1. The maximum absolute atomic E-state index is 12.1. The smallest absolute Gasteiger partial charge is 0.339 e.